The predicted octanol–water partition coefficient (Wildman–Crippen LogP) is 4.99. The molecule has 0 spiro atoms. The molecule has 1 aromatic heterocycles. The smallest absolute Gasteiger partial charge is 0.371 e. The van der Waals surface area contributed by atoms with Crippen molar-refractivity contribution in [2.45, 2.75) is 11.3 Å². The number of carbonyl (C=O) groups is 1. The van der Waals surface area contributed by atoms with Gasteiger partial charge < -0.3 is 14.4 Å². The number of sulfonamides is 1. The summed E-state index contributed by atoms with van der Waals surface area (Å²) in [5, 5.41) is 10.4. The van der Waals surface area contributed by atoms with Crippen molar-refractivity contribution in [2.24, 2.45) is 0 Å². The molecule has 1 N–H and O–H groups in total. The summed E-state index contributed by atoms with van der Waals surface area (Å²) in [6.45, 7) is 1.51. The first-order chi connectivity index (χ1) is 14.7. The number of nitrogens with zero attached hydrogens (tertiary/aromatic N) is 2. The van der Waals surface area contributed by atoms with E-state index in [-0.39, 0.29) is 22.2 Å². The molecule has 0 aliphatic carbocycles. The highest BCUT2D eigenvalue weighted by Gasteiger charge is 2.29. The summed E-state index contributed by atoms with van der Waals surface area (Å²) in [6.07, 6.45) is 0.567. The second-order valence-corrected chi connectivity index (χ2v) is 10.2. The molecule has 0 atom stereocenters. The van der Waals surface area contributed by atoms with Crippen molar-refractivity contribution < 1.29 is 22.7 Å². The van der Waals surface area contributed by atoms with Crippen LogP contribution >= 0.6 is 34.8 Å². The maximum atomic E-state index is 13.1. The van der Waals surface area contributed by atoms with Crippen LogP contribution in [0.1, 0.15) is 17.0 Å². The highest BCUT2D eigenvalue weighted by atomic mass is 35.5. The Bertz CT molecular complexity index is 1280. The predicted molar refractivity (Wildman–Crippen MR) is 120 cm³/mol. The van der Waals surface area contributed by atoms with Crippen LogP contribution in [0.2, 0.25) is 15.1 Å². The van der Waals surface area contributed by atoms with E-state index in [4.69, 9.17) is 44.3 Å². The van der Waals surface area contributed by atoms with E-state index in [2.05, 4.69) is 0 Å². The quantitative estimate of drug-likeness (QED) is 0.539. The van der Waals surface area contributed by atoms with E-state index in [9.17, 15) is 13.2 Å². The Balaban J connectivity index is 1.60. The van der Waals surface area contributed by atoms with Gasteiger partial charge in [0.05, 0.1) is 15.7 Å². The molecule has 31 heavy (non-hydrogen) atoms. The van der Waals surface area contributed by atoms with E-state index in [1.165, 1.54) is 28.6 Å². The summed E-state index contributed by atoms with van der Waals surface area (Å²) in [5.41, 5.74) is 1.06. The normalized spacial score (nSPS) is 15.9. The molecule has 1 fully saturated rings. The molecule has 11 heteroatoms. The number of halogens is 3. The lowest BCUT2D eigenvalue weighted by Crippen LogP contribution is -2.35. The number of carboxylic acids is 1. The number of benzene rings is 2. The van der Waals surface area contributed by atoms with Gasteiger partial charge in [0.25, 0.3) is 0 Å². The van der Waals surface area contributed by atoms with E-state index in [1.807, 2.05) is 4.90 Å². The average Bonchev–Trinajstić information content (AvgIpc) is 3.02. The first-order valence-electron chi connectivity index (χ1n) is 9.34. The molecule has 7 nitrogen and oxygen atoms in total. The SMILES string of the molecule is O=C(O)c1cc2c(Cl)c(N3CCCN(S(=O)(=O)c4cc(Cl)ccc4Cl)CC3)ccc2o1. The van der Waals surface area contributed by atoms with Crippen molar-refractivity contribution in [3.8, 4) is 0 Å². The molecule has 0 amide bonds. The number of rotatable bonds is 4. The molecule has 2 heterocycles. The highest BCUT2D eigenvalue weighted by Crippen LogP contribution is 2.36. The zero-order chi connectivity index (χ0) is 22.3. The number of carboxylic acid groups (broad SMARTS) is 1. The lowest BCUT2D eigenvalue weighted by Gasteiger charge is -2.24. The van der Waals surface area contributed by atoms with Gasteiger partial charge in [-0.1, -0.05) is 34.8 Å². The van der Waals surface area contributed by atoms with Crippen LogP contribution in [-0.4, -0.2) is 50.0 Å². The van der Waals surface area contributed by atoms with Crippen LogP contribution < -0.4 is 4.90 Å². The van der Waals surface area contributed by atoms with Crippen LogP contribution in [0.5, 0.6) is 0 Å². The minimum Gasteiger partial charge on any atom is -0.475 e. The van der Waals surface area contributed by atoms with E-state index >= 15 is 0 Å². The first-order valence-corrected chi connectivity index (χ1v) is 11.9. The zero-order valence-corrected chi connectivity index (χ0v) is 19.1. The van der Waals surface area contributed by atoms with Crippen LogP contribution in [0.15, 0.2) is 45.7 Å². The summed E-state index contributed by atoms with van der Waals surface area (Å²) in [4.78, 5) is 13.1. The zero-order valence-electron chi connectivity index (χ0n) is 16.0. The van der Waals surface area contributed by atoms with Crippen LogP contribution in [0.25, 0.3) is 11.0 Å². The van der Waals surface area contributed by atoms with Gasteiger partial charge in [-0.3, -0.25) is 0 Å². The third kappa shape index (κ3) is 4.23. The van der Waals surface area contributed by atoms with Gasteiger partial charge in [0.1, 0.15) is 10.5 Å². The lowest BCUT2D eigenvalue weighted by molar-refractivity contribution is 0.0665. The molecule has 0 radical (unpaired) electrons. The fourth-order valence-electron chi connectivity index (χ4n) is 3.60. The Kier molecular flexibility index (Phi) is 6.11. The summed E-state index contributed by atoms with van der Waals surface area (Å²) in [6, 6.07) is 9.15. The minimum atomic E-state index is -3.82. The third-order valence-electron chi connectivity index (χ3n) is 5.13. The van der Waals surface area contributed by atoms with E-state index in [0.717, 1.165) is 0 Å². The molecule has 0 bridgehead atoms. The molecule has 4 rings (SSSR count). The van der Waals surface area contributed by atoms with Gasteiger partial charge in [-0.2, -0.15) is 4.31 Å². The number of aromatic carboxylic acids is 1. The summed E-state index contributed by atoms with van der Waals surface area (Å²) < 4.78 is 33.0. The van der Waals surface area contributed by atoms with E-state index in [0.29, 0.717) is 52.8 Å². The fourth-order valence-corrected chi connectivity index (χ4v) is 6.14. The van der Waals surface area contributed by atoms with Crippen molar-refractivity contribution in [1.82, 2.24) is 4.31 Å². The standard InChI is InChI=1S/C20H17Cl3N2O5S/c21-12-2-3-14(22)18(10-12)31(28,29)25-7-1-6-24(8-9-25)15-4-5-16-13(19(15)23)11-17(30-16)20(26)27/h2-5,10-11H,1,6-9H2,(H,26,27). The molecule has 3 aromatic rings. The van der Waals surface area contributed by atoms with Crippen LogP contribution in [0.4, 0.5) is 5.69 Å². The molecule has 1 aliphatic rings. The van der Waals surface area contributed by atoms with Gasteiger partial charge in [-0.05, 0) is 36.8 Å². The molecule has 164 valence electrons. The van der Waals surface area contributed by atoms with E-state index in [1.54, 1.807) is 12.1 Å². The lowest BCUT2D eigenvalue weighted by atomic mass is 10.2. The minimum absolute atomic E-state index is 0.0193. The molecule has 0 saturated carbocycles. The molecular formula is C20H17Cl3N2O5S. The maximum Gasteiger partial charge on any atom is 0.371 e. The Morgan fingerprint density at radius 1 is 1.00 bits per heavy atom. The van der Waals surface area contributed by atoms with Crippen molar-refractivity contribution in [3.63, 3.8) is 0 Å². The first kappa shape index (κ1) is 22.2. The van der Waals surface area contributed by atoms with Crippen molar-refractivity contribution in [2.75, 3.05) is 31.1 Å². The monoisotopic (exact) mass is 502 g/mol. The van der Waals surface area contributed by atoms with Gasteiger partial charge in [0.15, 0.2) is 0 Å². The second-order valence-electron chi connectivity index (χ2n) is 7.05. The summed E-state index contributed by atoms with van der Waals surface area (Å²) >= 11 is 18.6. The number of furan rings is 1. The molecule has 2 aromatic carbocycles. The van der Waals surface area contributed by atoms with Gasteiger partial charge in [-0.25, -0.2) is 13.2 Å². The van der Waals surface area contributed by atoms with Crippen molar-refractivity contribution in [1.29, 1.82) is 0 Å². The van der Waals surface area contributed by atoms with Crippen molar-refractivity contribution in [3.05, 3.63) is 57.2 Å². The van der Waals surface area contributed by atoms with Gasteiger partial charge in [-0.15, -0.1) is 0 Å². The fraction of sp³-hybridized carbons (Fsp3) is 0.250. The van der Waals surface area contributed by atoms with Crippen LogP contribution in [0.3, 0.4) is 0 Å². The largest absolute Gasteiger partial charge is 0.475 e. The third-order valence-corrected chi connectivity index (χ3v) is 8.14. The maximum absolute atomic E-state index is 13.1. The molecule has 0 unspecified atom stereocenters. The molecule has 1 saturated heterocycles. The topological polar surface area (TPSA) is 91.1 Å². The Morgan fingerprint density at radius 3 is 2.52 bits per heavy atom. The van der Waals surface area contributed by atoms with Crippen molar-refractivity contribution >= 4 is 67.5 Å². The highest BCUT2D eigenvalue weighted by molar-refractivity contribution is 7.89. The Morgan fingerprint density at radius 2 is 1.77 bits per heavy atom. The summed E-state index contributed by atoms with van der Waals surface area (Å²) in [7, 11) is -3.82. The van der Waals surface area contributed by atoms with Gasteiger partial charge >= 0.3 is 5.97 Å². The van der Waals surface area contributed by atoms with Gasteiger partial charge in [0, 0.05) is 42.7 Å². The summed E-state index contributed by atoms with van der Waals surface area (Å²) in [5.74, 6) is -1.37. The number of hydrogen-bond acceptors (Lipinski definition) is 5. The number of hydrogen-bond donors (Lipinski definition) is 1. The van der Waals surface area contributed by atoms with Crippen LogP contribution in [-0.2, 0) is 10.0 Å². The average molecular weight is 504 g/mol. The molecular weight excluding hydrogens is 487 g/mol. The van der Waals surface area contributed by atoms with Gasteiger partial charge in [0.2, 0.25) is 15.8 Å². The number of fused-ring (bicyclic) bond motifs is 1. The Hall–Kier alpha value is -1.97. The second kappa shape index (κ2) is 8.52. The van der Waals surface area contributed by atoms with E-state index < -0.39 is 16.0 Å². The number of anilines is 1. The van der Waals surface area contributed by atoms with Crippen LogP contribution in [0, 0.1) is 0 Å². The Labute approximate surface area is 193 Å². The molecule has 1 aliphatic heterocycles.